The van der Waals surface area contributed by atoms with Gasteiger partial charge in [0.05, 0.1) is 6.04 Å². The molecule has 0 aliphatic carbocycles. The summed E-state index contributed by atoms with van der Waals surface area (Å²) in [6, 6.07) is 2.34. The van der Waals surface area contributed by atoms with Crippen molar-refractivity contribution in [2.75, 3.05) is 20.1 Å². The number of nitrogens with zero attached hydrogens (tertiary/aromatic N) is 1. The first-order chi connectivity index (χ1) is 7.10. The van der Waals surface area contributed by atoms with Gasteiger partial charge in [-0.25, -0.2) is 0 Å². The minimum Gasteiger partial charge on any atom is -0.329 e. The Kier molecular flexibility index (Phi) is 5.57. The van der Waals surface area contributed by atoms with Crippen LogP contribution in [-0.4, -0.2) is 25.0 Å². The first-order valence-electron chi connectivity index (χ1n) is 4.95. The molecule has 5 heteroatoms. The molecule has 0 aliphatic rings. The zero-order chi connectivity index (χ0) is 11.4. The van der Waals surface area contributed by atoms with Crippen LogP contribution in [0.2, 0.25) is 4.34 Å². The molecule has 2 N–H and O–H groups in total. The Balaban J connectivity index is 2.82. The Morgan fingerprint density at radius 1 is 1.67 bits per heavy atom. The Hall–Kier alpha value is 0.390. The minimum atomic E-state index is 0.277. The largest absolute Gasteiger partial charge is 0.329 e. The van der Waals surface area contributed by atoms with Crippen LogP contribution >= 0.6 is 38.9 Å². The lowest BCUT2D eigenvalue weighted by atomic mass is 10.2. The topological polar surface area (TPSA) is 29.3 Å². The van der Waals surface area contributed by atoms with E-state index >= 15 is 0 Å². The van der Waals surface area contributed by atoms with Gasteiger partial charge in [-0.1, -0.05) is 18.5 Å². The molecule has 0 aliphatic heterocycles. The van der Waals surface area contributed by atoms with Crippen LogP contribution in [0.15, 0.2) is 10.5 Å². The first kappa shape index (κ1) is 13.5. The van der Waals surface area contributed by atoms with Crippen molar-refractivity contribution in [2.24, 2.45) is 5.73 Å². The highest BCUT2D eigenvalue weighted by Crippen LogP contribution is 2.36. The Labute approximate surface area is 109 Å². The van der Waals surface area contributed by atoms with Crippen molar-refractivity contribution >= 4 is 38.9 Å². The van der Waals surface area contributed by atoms with Gasteiger partial charge >= 0.3 is 0 Å². The highest BCUT2D eigenvalue weighted by atomic mass is 79.9. The summed E-state index contributed by atoms with van der Waals surface area (Å²) in [5.41, 5.74) is 5.80. The van der Waals surface area contributed by atoms with Gasteiger partial charge in [-0.2, -0.15) is 0 Å². The number of hydrogen-bond donors (Lipinski definition) is 1. The third-order valence-electron chi connectivity index (χ3n) is 2.32. The number of thiophene rings is 1. The van der Waals surface area contributed by atoms with Crippen LogP contribution in [0.5, 0.6) is 0 Å². The molecule has 0 amide bonds. The molecule has 2 nitrogen and oxygen atoms in total. The third-order valence-corrected chi connectivity index (χ3v) is 4.90. The van der Waals surface area contributed by atoms with Crippen molar-refractivity contribution in [2.45, 2.75) is 19.4 Å². The fourth-order valence-electron chi connectivity index (χ4n) is 1.55. The van der Waals surface area contributed by atoms with Gasteiger partial charge in [-0.15, -0.1) is 11.3 Å². The zero-order valence-electron chi connectivity index (χ0n) is 8.96. The SMILES string of the molecule is CCCN(C)C(CN)c1cc(Br)c(Cl)s1. The van der Waals surface area contributed by atoms with E-state index in [1.807, 2.05) is 0 Å². The van der Waals surface area contributed by atoms with E-state index < -0.39 is 0 Å². The lowest BCUT2D eigenvalue weighted by molar-refractivity contribution is 0.254. The van der Waals surface area contributed by atoms with Gasteiger partial charge in [-0.3, -0.25) is 4.90 Å². The normalized spacial score (nSPS) is 13.5. The van der Waals surface area contributed by atoms with Crippen LogP contribution in [0, 0.1) is 0 Å². The summed E-state index contributed by atoms with van der Waals surface area (Å²) >= 11 is 11.0. The van der Waals surface area contributed by atoms with E-state index in [4.69, 9.17) is 17.3 Å². The predicted molar refractivity (Wildman–Crippen MR) is 71.7 cm³/mol. The summed E-state index contributed by atoms with van der Waals surface area (Å²) in [5, 5.41) is 0. The van der Waals surface area contributed by atoms with Gasteiger partial charge in [0.1, 0.15) is 4.34 Å². The fraction of sp³-hybridized carbons (Fsp3) is 0.600. The second-order valence-electron chi connectivity index (χ2n) is 3.50. The molecule has 0 aromatic carbocycles. The molecule has 0 spiro atoms. The number of halogens is 2. The zero-order valence-corrected chi connectivity index (χ0v) is 12.1. The van der Waals surface area contributed by atoms with Crippen molar-refractivity contribution in [3.63, 3.8) is 0 Å². The number of likely N-dealkylation sites (N-methyl/N-ethyl adjacent to an activating group) is 1. The van der Waals surface area contributed by atoms with Crippen molar-refractivity contribution < 1.29 is 0 Å². The fourth-order valence-corrected chi connectivity index (χ4v) is 3.46. The van der Waals surface area contributed by atoms with Gasteiger partial charge in [0.15, 0.2) is 0 Å². The number of nitrogens with two attached hydrogens (primary N) is 1. The lowest BCUT2D eigenvalue weighted by Crippen LogP contribution is -2.30. The maximum Gasteiger partial charge on any atom is 0.107 e. The molecule has 15 heavy (non-hydrogen) atoms. The summed E-state index contributed by atoms with van der Waals surface area (Å²) < 4.78 is 1.76. The van der Waals surface area contributed by atoms with Crippen molar-refractivity contribution in [3.05, 3.63) is 19.8 Å². The van der Waals surface area contributed by atoms with Crippen LogP contribution < -0.4 is 5.73 Å². The Morgan fingerprint density at radius 3 is 2.73 bits per heavy atom. The first-order valence-corrected chi connectivity index (χ1v) is 6.93. The van der Waals surface area contributed by atoms with Crippen LogP contribution in [0.25, 0.3) is 0 Å². The molecular weight excluding hydrogens is 296 g/mol. The summed E-state index contributed by atoms with van der Waals surface area (Å²) in [6.45, 7) is 3.84. The highest BCUT2D eigenvalue weighted by molar-refractivity contribution is 9.10. The van der Waals surface area contributed by atoms with Crippen molar-refractivity contribution in [3.8, 4) is 0 Å². The summed E-state index contributed by atoms with van der Waals surface area (Å²) in [5.74, 6) is 0. The molecule has 0 fully saturated rings. The smallest absolute Gasteiger partial charge is 0.107 e. The third kappa shape index (κ3) is 3.43. The molecule has 1 heterocycles. The Morgan fingerprint density at radius 2 is 2.33 bits per heavy atom. The molecule has 1 unspecified atom stereocenters. The van der Waals surface area contributed by atoms with E-state index in [0.717, 1.165) is 21.8 Å². The summed E-state index contributed by atoms with van der Waals surface area (Å²) in [7, 11) is 2.10. The van der Waals surface area contributed by atoms with Crippen LogP contribution in [0.1, 0.15) is 24.3 Å². The molecule has 0 saturated carbocycles. The quantitative estimate of drug-likeness (QED) is 0.901. The standard InChI is InChI=1S/C10H16BrClN2S/c1-3-4-14(2)8(6-13)9-5-7(11)10(12)15-9/h5,8H,3-4,6,13H2,1-2H3. The number of rotatable bonds is 5. The van der Waals surface area contributed by atoms with E-state index in [-0.39, 0.29) is 6.04 Å². The van der Waals surface area contributed by atoms with Gasteiger partial charge < -0.3 is 5.73 Å². The van der Waals surface area contributed by atoms with E-state index in [1.54, 1.807) is 11.3 Å². The van der Waals surface area contributed by atoms with E-state index in [9.17, 15) is 0 Å². The van der Waals surface area contributed by atoms with E-state index in [0.29, 0.717) is 6.54 Å². The lowest BCUT2D eigenvalue weighted by Gasteiger charge is -2.25. The molecule has 0 saturated heterocycles. The molecule has 0 bridgehead atoms. The van der Waals surface area contributed by atoms with Gasteiger partial charge in [-0.05, 0) is 42.0 Å². The molecule has 1 rings (SSSR count). The monoisotopic (exact) mass is 310 g/mol. The maximum atomic E-state index is 6.02. The average Bonchev–Trinajstić information content (AvgIpc) is 2.48. The molecule has 0 radical (unpaired) electrons. The second-order valence-corrected chi connectivity index (χ2v) is 6.04. The van der Waals surface area contributed by atoms with Gasteiger partial charge in [0, 0.05) is 15.9 Å². The number of hydrogen-bond acceptors (Lipinski definition) is 3. The van der Waals surface area contributed by atoms with E-state index in [2.05, 4.69) is 40.9 Å². The minimum absolute atomic E-state index is 0.277. The van der Waals surface area contributed by atoms with Crippen LogP contribution in [0.4, 0.5) is 0 Å². The molecule has 1 aromatic heterocycles. The second kappa shape index (κ2) is 6.21. The average molecular weight is 312 g/mol. The van der Waals surface area contributed by atoms with Gasteiger partial charge in [0.2, 0.25) is 0 Å². The molecule has 1 aromatic rings. The molecular formula is C10H16BrClN2S. The van der Waals surface area contributed by atoms with E-state index in [1.165, 1.54) is 4.88 Å². The Bertz CT molecular complexity index is 297. The summed E-state index contributed by atoms with van der Waals surface area (Å²) in [4.78, 5) is 3.50. The molecule has 86 valence electrons. The molecule has 1 atom stereocenters. The maximum absolute atomic E-state index is 6.02. The van der Waals surface area contributed by atoms with Crippen molar-refractivity contribution in [1.29, 1.82) is 0 Å². The predicted octanol–water partition coefficient (Wildman–Crippen LogP) is 3.51. The summed E-state index contributed by atoms with van der Waals surface area (Å²) in [6.07, 6.45) is 1.13. The highest BCUT2D eigenvalue weighted by Gasteiger charge is 2.18. The van der Waals surface area contributed by atoms with Crippen LogP contribution in [-0.2, 0) is 0 Å². The van der Waals surface area contributed by atoms with Crippen molar-refractivity contribution in [1.82, 2.24) is 4.90 Å². The van der Waals surface area contributed by atoms with Gasteiger partial charge in [0.25, 0.3) is 0 Å². The van der Waals surface area contributed by atoms with Crippen LogP contribution in [0.3, 0.4) is 0 Å².